The Kier molecular flexibility index (Phi) is 3.27. The minimum atomic E-state index is -0.748. The van der Waals surface area contributed by atoms with Crippen LogP contribution in [0.15, 0.2) is 0 Å². The largest absolute Gasteiger partial charge is 0.468 e. The molecule has 0 spiro atoms. The lowest BCUT2D eigenvalue weighted by Crippen LogP contribution is -2.42. The van der Waals surface area contributed by atoms with Gasteiger partial charge in [-0.05, 0) is 13.8 Å². The second-order valence-corrected chi connectivity index (χ2v) is 5.72. The van der Waals surface area contributed by atoms with Gasteiger partial charge in [0.1, 0.15) is 5.44 Å². The molecular formula is C7H12BrNO3S. The summed E-state index contributed by atoms with van der Waals surface area (Å²) in [5.41, 5.74) is -0.748. The topological polar surface area (TPSA) is 49.8 Å². The van der Waals surface area contributed by atoms with Gasteiger partial charge in [-0.3, -0.25) is 4.79 Å². The van der Waals surface area contributed by atoms with Crippen molar-refractivity contribution < 1.29 is 14.6 Å². The van der Waals surface area contributed by atoms with E-state index in [1.165, 1.54) is 18.9 Å². The third kappa shape index (κ3) is 2.01. The van der Waals surface area contributed by atoms with Crippen LogP contribution in [0.5, 0.6) is 0 Å². The standard InChI is InChI=1S/C7H12BrNO3S/c1-7(2)9(8)4(5(10)12-3)6(11)13-7/h4,6,11H,1-3H3. The number of carbonyl (C=O) groups is 1. The van der Waals surface area contributed by atoms with Gasteiger partial charge in [0.05, 0.1) is 12.0 Å². The van der Waals surface area contributed by atoms with Crippen LogP contribution in [0.1, 0.15) is 13.8 Å². The van der Waals surface area contributed by atoms with E-state index in [9.17, 15) is 9.90 Å². The number of hydrogen-bond acceptors (Lipinski definition) is 5. The van der Waals surface area contributed by atoms with Crippen LogP contribution in [0.2, 0.25) is 0 Å². The fourth-order valence-corrected chi connectivity index (χ4v) is 3.15. The summed E-state index contributed by atoms with van der Waals surface area (Å²) in [6.45, 7) is 3.83. The van der Waals surface area contributed by atoms with E-state index in [-0.39, 0.29) is 4.87 Å². The summed E-state index contributed by atoms with van der Waals surface area (Å²) in [6.07, 6.45) is 0. The first-order chi connectivity index (χ1) is 5.90. The lowest BCUT2D eigenvalue weighted by molar-refractivity contribution is -0.146. The number of aliphatic hydroxyl groups is 1. The highest BCUT2D eigenvalue weighted by atomic mass is 79.9. The van der Waals surface area contributed by atoms with Crippen LogP contribution < -0.4 is 0 Å². The van der Waals surface area contributed by atoms with E-state index in [1.807, 2.05) is 13.8 Å². The number of hydrogen-bond donors (Lipinski definition) is 1. The summed E-state index contributed by atoms with van der Waals surface area (Å²) in [7, 11) is 1.31. The molecule has 1 saturated heterocycles. The Labute approximate surface area is 90.0 Å². The Morgan fingerprint density at radius 3 is 2.54 bits per heavy atom. The number of aliphatic hydroxyl groups excluding tert-OH is 1. The van der Waals surface area contributed by atoms with Crippen LogP contribution in [0, 0.1) is 0 Å². The minimum absolute atomic E-state index is 0.307. The minimum Gasteiger partial charge on any atom is -0.468 e. The van der Waals surface area contributed by atoms with E-state index in [4.69, 9.17) is 0 Å². The zero-order valence-electron chi connectivity index (χ0n) is 7.65. The predicted octanol–water partition coefficient (Wildman–Crippen LogP) is 0.941. The highest BCUT2D eigenvalue weighted by molar-refractivity contribution is 9.07. The summed E-state index contributed by atoms with van der Waals surface area (Å²) in [5.74, 6) is -0.428. The number of ether oxygens (including phenoxy) is 1. The van der Waals surface area contributed by atoms with Gasteiger partial charge in [-0.2, -0.15) is 0 Å². The molecule has 6 heteroatoms. The van der Waals surface area contributed by atoms with Crippen molar-refractivity contribution in [2.75, 3.05) is 7.11 Å². The quantitative estimate of drug-likeness (QED) is 0.567. The molecule has 13 heavy (non-hydrogen) atoms. The number of methoxy groups -OCH3 is 1. The molecular weight excluding hydrogens is 258 g/mol. The van der Waals surface area contributed by atoms with Gasteiger partial charge in [0.15, 0.2) is 6.04 Å². The molecule has 76 valence electrons. The van der Waals surface area contributed by atoms with Gasteiger partial charge >= 0.3 is 5.97 Å². The summed E-state index contributed by atoms with van der Waals surface area (Å²) in [4.78, 5) is 10.9. The lowest BCUT2D eigenvalue weighted by Gasteiger charge is -2.25. The molecule has 0 amide bonds. The highest BCUT2D eigenvalue weighted by Crippen LogP contribution is 2.45. The third-order valence-corrected chi connectivity index (χ3v) is 4.72. The Morgan fingerprint density at radius 1 is 1.69 bits per heavy atom. The number of nitrogens with zero attached hydrogens (tertiary/aromatic N) is 1. The number of halogens is 1. The second kappa shape index (κ2) is 3.76. The first-order valence-corrected chi connectivity index (χ1v) is 5.38. The molecule has 0 aromatic carbocycles. The van der Waals surface area contributed by atoms with Crippen LogP contribution in [0.25, 0.3) is 0 Å². The molecule has 0 aromatic heterocycles. The maximum absolute atomic E-state index is 11.3. The number of carbonyl (C=O) groups excluding carboxylic acids is 1. The van der Waals surface area contributed by atoms with Crippen LogP contribution in [0.3, 0.4) is 0 Å². The summed E-state index contributed by atoms with van der Waals surface area (Å²) >= 11 is 4.58. The van der Waals surface area contributed by atoms with E-state index >= 15 is 0 Å². The van der Waals surface area contributed by atoms with Crippen molar-refractivity contribution in [3.8, 4) is 0 Å². The van der Waals surface area contributed by atoms with Gasteiger partial charge in [0.25, 0.3) is 0 Å². The van der Waals surface area contributed by atoms with Crippen LogP contribution in [0.4, 0.5) is 0 Å². The van der Waals surface area contributed by atoms with E-state index in [0.717, 1.165) is 0 Å². The van der Waals surface area contributed by atoms with E-state index in [0.29, 0.717) is 0 Å². The van der Waals surface area contributed by atoms with Crippen molar-refractivity contribution >= 4 is 33.9 Å². The first-order valence-electron chi connectivity index (χ1n) is 3.79. The Bertz CT molecular complexity index is 224. The van der Waals surface area contributed by atoms with Crippen LogP contribution in [-0.4, -0.2) is 38.5 Å². The molecule has 2 unspecified atom stereocenters. The summed E-state index contributed by atoms with van der Waals surface area (Å²) in [6, 6.07) is -0.634. The number of esters is 1. The number of rotatable bonds is 1. The molecule has 1 rings (SSSR count). The fraction of sp³-hybridized carbons (Fsp3) is 0.857. The SMILES string of the molecule is COC(=O)C1C(O)SC(C)(C)N1Br. The normalized spacial score (nSPS) is 33.3. The molecule has 0 bridgehead atoms. The Balaban J connectivity index is 2.82. The first kappa shape index (κ1) is 11.3. The zero-order valence-corrected chi connectivity index (χ0v) is 10.1. The third-order valence-electron chi connectivity index (χ3n) is 1.88. The molecule has 2 atom stereocenters. The molecule has 4 nitrogen and oxygen atoms in total. The van der Waals surface area contributed by atoms with Gasteiger partial charge in [-0.15, -0.1) is 11.8 Å². The predicted molar refractivity (Wildman–Crippen MR) is 54.2 cm³/mol. The van der Waals surface area contributed by atoms with Gasteiger partial charge in [-0.1, -0.05) is 0 Å². The maximum Gasteiger partial charge on any atom is 0.327 e. The highest BCUT2D eigenvalue weighted by Gasteiger charge is 2.49. The van der Waals surface area contributed by atoms with Crippen molar-refractivity contribution in [3.05, 3.63) is 0 Å². The van der Waals surface area contributed by atoms with Crippen molar-refractivity contribution in [2.24, 2.45) is 0 Å². The van der Waals surface area contributed by atoms with Crippen LogP contribution >= 0.6 is 27.9 Å². The van der Waals surface area contributed by atoms with Gasteiger partial charge in [-0.25, -0.2) is 3.93 Å². The van der Waals surface area contributed by atoms with E-state index < -0.39 is 17.4 Å². The van der Waals surface area contributed by atoms with Crippen molar-refractivity contribution in [3.63, 3.8) is 0 Å². The van der Waals surface area contributed by atoms with Crippen molar-refractivity contribution in [2.45, 2.75) is 30.2 Å². The van der Waals surface area contributed by atoms with Crippen molar-refractivity contribution in [1.29, 1.82) is 0 Å². The molecule has 0 radical (unpaired) electrons. The molecule has 0 saturated carbocycles. The monoisotopic (exact) mass is 269 g/mol. The zero-order chi connectivity index (χ0) is 10.2. The molecule has 1 aliphatic rings. The Hall–Kier alpha value is 0.220. The van der Waals surface area contributed by atoms with Gasteiger partial charge < -0.3 is 9.84 Å². The molecule has 0 aliphatic carbocycles. The number of thioether (sulfide) groups is 1. The molecule has 1 fully saturated rings. The molecule has 1 heterocycles. The molecule has 0 aromatic rings. The Morgan fingerprint density at radius 2 is 2.23 bits per heavy atom. The summed E-state index contributed by atoms with van der Waals surface area (Å²) < 4.78 is 6.22. The molecule has 1 aliphatic heterocycles. The van der Waals surface area contributed by atoms with E-state index in [2.05, 4.69) is 20.9 Å². The molecule has 1 N–H and O–H groups in total. The lowest BCUT2D eigenvalue weighted by atomic mass is 10.2. The van der Waals surface area contributed by atoms with Crippen molar-refractivity contribution in [1.82, 2.24) is 3.93 Å². The maximum atomic E-state index is 11.3. The smallest absolute Gasteiger partial charge is 0.327 e. The van der Waals surface area contributed by atoms with Gasteiger partial charge in [0, 0.05) is 16.1 Å². The van der Waals surface area contributed by atoms with E-state index in [1.54, 1.807) is 3.93 Å². The fourth-order valence-electron chi connectivity index (χ4n) is 1.19. The van der Waals surface area contributed by atoms with Gasteiger partial charge in [0.2, 0.25) is 0 Å². The average molecular weight is 270 g/mol. The van der Waals surface area contributed by atoms with Crippen LogP contribution in [-0.2, 0) is 9.53 Å². The second-order valence-electron chi connectivity index (χ2n) is 3.23. The summed E-state index contributed by atoms with van der Waals surface area (Å²) in [5, 5.41) is 9.59. The average Bonchev–Trinajstić information content (AvgIpc) is 2.21.